The first kappa shape index (κ1) is 16.9. The van der Waals surface area contributed by atoms with E-state index in [1.165, 1.54) is 38.9 Å². The summed E-state index contributed by atoms with van der Waals surface area (Å²) in [6.07, 6.45) is 2.90. The predicted octanol–water partition coefficient (Wildman–Crippen LogP) is 5.34. The van der Waals surface area contributed by atoms with E-state index in [0.717, 1.165) is 17.6 Å². The van der Waals surface area contributed by atoms with Crippen LogP contribution in [0.1, 0.15) is 48.6 Å². The minimum atomic E-state index is -0.000809. The van der Waals surface area contributed by atoms with Gasteiger partial charge in [-0.2, -0.15) is 0 Å². The van der Waals surface area contributed by atoms with Crippen molar-refractivity contribution in [1.82, 2.24) is 0 Å². The van der Waals surface area contributed by atoms with Crippen LogP contribution in [-0.2, 0) is 11.8 Å². The number of fused-ring (bicyclic) bond motifs is 1. The van der Waals surface area contributed by atoms with Crippen molar-refractivity contribution in [3.63, 3.8) is 0 Å². The van der Waals surface area contributed by atoms with E-state index in [0.29, 0.717) is 0 Å². The molecule has 1 nitrogen and oxygen atoms in total. The molecular formula is C22H25BO. The highest BCUT2D eigenvalue weighted by Gasteiger charge is 2.27. The highest BCUT2D eigenvalue weighted by molar-refractivity contribution is 6.25. The van der Waals surface area contributed by atoms with Crippen molar-refractivity contribution in [2.75, 3.05) is 7.11 Å². The lowest BCUT2D eigenvalue weighted by Gasteiger charge is -2.26. The summed E-state index contributed by atoms with van der Waals surface area (Å²) in [5.74, 6) is 0.981. The van der Waals surface area contributed by atoms with Gasteiger partial charge in [-0.05, 0) is 48.4 Å². The number of hydrogen-bond acceptors (Lipinski definition) is 1. The Balaban J connectivity index is 2.38. The maximum absolute atomic E-state index is 6.16. The van der Waals surface area contributed by atoms with Gasteiger partial charge in [0.05, 0.1) is 7.11 Å². The molecule has 0 aliphatic heterocycles. The molecule has 3 rings (SSSR count). The molecular weight excluding hydrogens is 291 g/mol. The molecule has 1 aliphatic rings. The third kappa shape index (κ3) is 2.90. The van der Waals surface area contributed by atoms with Crippen LogP contribution in [0.2, 0.25) is 0 Å². The Hall–Kier alpha value is -1.96. The first-order chi connectivity index (χ1) is 11.2. The zero-order valence-electron chi connectivity index (χ0n) is 15.6. The first-order valence-corrected chi connectivity index (χ1v) is 8.49. The molecule has 0 unspecified atom stereocenters. The lowest BCUT2D eigenvalue weighted by atomic mass is 9.81. The van der Waals surface area contributed by atoms with Gasteiger partial charge in [0.15, 0.2) is 0 Å². The molecule has 0 saturated heterocycles. The van der Waals surface area contributed by atoms with Gasteiger partial charge in [-0.25, -0.2) is 0 Å². The standard InChI is InChI=1S/C22H25BO/c1-13-7-14(2)9-16(8-13)20-18-12-17(23)10-15(18)11-19(21(20)24-6)22(3,4)5/h7-11H,12H2,1-6H3. The zero-order valence-corrected chi connectivity index (χ0v) is 15.6. The van der Waals surface area contributed by atoms with E-state index < -0.39 is 0 Å². The van der Waals surface area contributed by atoms with Gasteiger partial charge >= 0.3 is 0 Å². The molecule has 122 valence electrons. The van der Waals surface area contributed by atoms with Crippen LogP contribution < -0.4 is 4.74 Å². The number of aryl methyl sites for hydroxylation is 2. The zero-order chi connectivity index (χ0) is 17.6. The number of hydrogen-bond donors (Lipinski definition) is 0. The Morgan fingerprint density at radius 2 is 1.62 bits per heavy atom. The molecule has 0 fully saturated rings. The molecule has 0 N–H and O–H groups in total. The van der Waals surface area contributed by atoms with Gasteiger partial charge in [0.2, 0.25) is 0 Å². The first-order valence-electron chi connectivity index (χ1n) is 8.49. The molecule has 0 saturated carbocycles. The van der Waals surface area contributed by atoms with Crippen LogP contribution in [-0.4, -0.2) is 15.0 Å². The van der Waals surface area contributed by atoms with Crippen LogP contribution in [0.4, 0.5) is 0 Å². The lowest BCUT2D eigenvalue weighted by molar-refractivity contribution is 0.399. The van der Waals surface area contributed by atoms with Crippen molar-refractivity contribution in [3.8, 4) is 16.9 Å². The number of methoxy groups -OCH3 is 1. The minimum absolute atomic E-state index is 0.000809. The summed E-state index contributed by atoms with van der Waals surface area (Å²) in [5, 5.41) is 0. The fraction of sp³-hybridized carbons (Fsp3) is 0.364. The number of ether oxygens (including phenoxy) is 1. The monoisotopic (exact) mass is 316 g/mol. The molecule has 0 bridgehead atoms. The highest BCUT2D eigenvalue weighted by Crippen LogP contribution is 2.46. The Morgan fingerprint density at radius 3 is 2.17 bits per heavy atom. The molecule has 1 aliphatic carbocycles. The Bertz CT molecular complexity index is 818. The number of allylic oxidation sites excluding steroid dienone is 1. The van der Waals surface area contributed by atoms with Crippen molar-refractivity contribution in [1.29, 1.82) is 0 Å². The van der Waals surface area contributed by atoms with Crippen LogP contribution in [0.5, 0.6) is 5.75 Å². The molecule has 0 heterocycles. The Morgan fingerprint density at radius 1 is 1.00 bits per heavy atom. The van der Waals surface area contributed by atoms with Gasteiger partial charge in [0.25, 0.3) is 0 Å². The van der Waals surface area contributed by atoms with E-state index in [4.69, 9.17) is 12.6 Å². The van der Waals surface area contributed by atoms with E-state index in [9.17, 15) is 0 Å². The third-order valence-corrected chi connectivity index (χ3v) is 4.67. The van der Waals surface area contributed by atoms with Gasteiger partial charge in [0.1, 0.15) is 13.6 Å². The van der Waals surface area contributed by atoms with Crippen molar-refractivity contribution < 1.29 is 4.74 Å². The topological polar surface area (TPSA) is 9.23 Å². The normalized spacial score (nSPS) is 13.7. The molecule has 2 radical (unpaired) electrons. The summed E-state index contributed by atoms with van der Waals surface area (Å²) in [5.41, 5.74) is 9.60. The predicted molar refractivity (Wildman–Crippen MR) is 104 cm³/mol. The number of rotatable bonds is 2. The summed E-state index contributed by atoms with van der Waals surface area (Å²) in [7, 11) is 7.94. The maximum Gasteiger partial charge on any atom is 0.130 e. The van der Waals surface area contributed by atoms with Crippen molar-refractivity contribution in [2.24, 2.45) is 0 Å². The summed E-state index contributed by atoms with van der Waals surface area (Å²) in [4.78, 5) is 0. The average Bonchev–Trinajstić information content (AvgIpc) is 2.82. The van der Waals surface area contributed by atoms with Crippen LogP contribution in [0.3, 0.4) is 0 Å². The van der Waals surface area contributed by atoms with E-state index in [1.807, 2.05) is 0 Å². The van der Waals surface area contributed by atoms with Crippen molar-refractivity contribution in [3.05, 3.63) is 57.6 Å². The molecule has 0 amide bonds. The Labute approximate surface area is 147 Å². The molecule has 0 atom stereocenters. The van der Waals surface area contributed by atoms with Crippen LogP contribution in [0.15, 0.2) is 29.7 Å². The molecule has 24 heavy (non-hydrogen) atoms. The summed E-state index contributed by atoms with van der Waals surface area (Å²) in [6.45, 7) is 11.0. The second-order valence-electron chi connectivity index (χ2n) is 7.92. The fourth-order valence-corrected chi connectivity index (χ4v) is 3.69. The van der Waals surface area contributed by atoms with Gasteiger partial charge in [-0.3, -0.25) is 0 Å². The molecule has 0 aromatic heterocycles. The average molecular weight is 316 g/mol. The fourth-order valence-electron chi connectivity index (χ4n) is 3.69. The van der Waals surface area contributed by atoms with Crippen molar-refractivity contribution >= 4 is 13.9 Å². The smallest absolute Gasteiger partial charge is 0.130 e. The molecule has 2 heteroatoms. The van der Waals surface area contributed by atoms with Gasteiger partial charge in [-0.15, -0.1) is 5.47 Å². The second-order valence-corrected chi connectivity index (χ2v) is 7.92. The Kier molecular flexibility index (Phi) is 4.11. The van der Waals surface area contributed by atoms with Crippen LogP contribution in [0.25, 0.3) is 17.2 Å². The highest BCUT2D eigenvalue weighted by atomic mass is 16.5. The van der Waals surface area contributed by atoms with Crippen LogP contribution >= 0.6 is 0 Å². The van der Waals surface area contributed by atoms with E-state index in [-0.39, 0.29) is 5.41 Å². The lowest BCUT2D eigenvalue weighted by Crippen LogP contribution is -2.14. The molecule has 2 aromatic rings. The SMILES string of the molecule is [B]C1=Cc2cc(C(C)(C)C)c(OC)c(-c3cc(C)cc(C)c3)c2C1. The van der Waals surface area contributed by atoms with E-state index in [1.54, 1.807) is 7.11 Å². The summed E-state index contributed by atoms with van der Waals surface area (Å²) < 4.78 is 5.93. The van der Waals surface area contributed by atoms with Gasteiger partial charge in [-0.1, -0.05) is 56.2 Å². The van der Waals surface area contributed by atoms with E-state index >= 15 is 0 Å². The van der Waals surface area contributed by atoms with Crippen LogP contribution in [0, 0.1) is 13.8 Å². The van der Waals surface area contributed by atoms with E-state index in [2.05, 4.69) is 65.0 Å². The molecule has 0 spiro atoms. The third-order valence-electron chi connectivity index (χ3n) is 4.67. The summed E-state index contributed by atoms with van der Waals surface area (Å²) >= 11 is 0. The maximum atomic E-state index is 6.16. The summed E-state index contributed by atoms with van der Waals surface area (Å²) in [6, 6.07) is 8.94. The van der Waals surface area contributed by atoms with Gasteiger partial charge in [0, 0.05) is 11.1 Å². The quantitative estimate of drug-likeness (QED) is 0.679. The minimum Gasteiger partial charge on any atom is -0.496 e. The largest absolute Gasteiger partial charge is 0.496 e. The van der Waals surface area contributed by atoms with Gasteiger partial charge < -0.3 is 4.74 Å². The van der Waals surface area contributed by atoms with Crippen molar-refractivity contribution in [2.45, 2.75) is 46.5 Å². The second kappa shape index (κ2) is 5.84. The molecule has 2 aromatic carbocycles. The number of benzene rings is 2.